The van der Waals surface area contributed by atoms with Gasteiger partial charge in [-0.2, -0.15) is 0 Å². The molecule has 0 unspecified atom stereocenters. The van der Waals surface area contributed by atoms with Gasteiger partial charge in [0.05, 0.1) is 0 Å². The first-order valence-corrected chi connectivity index (χ1v) is 8.75. The number of carbonyl (C=O) groups is 1. The molecule has 0 aliphatic rings. The fourth-order valence-corrected chi connectivity index (χ4v) is 2.92. The van der Waals surface area contributed by atoms with Crippen molar-refractivity contribution in [3.05, 3.63) is 84.6 Å². The molecule has 134 valence electrons. The molecular weight excluding hydrogens is 336 g/mol. The Morgan fingerprint density at radius 2 is 1.41 bits per heavy atom. The van der Waals surface area contributed by atoms with Crippen LogP contribution in [0.5, 0.6) is 0 Å². The number of aromatic nitrogens is 1. The van der Waals surface area contributed by atoms with Crippen molar-refractivity contribution >= 4 is 39.6 Å². The molecule has 4 N–H and O–H groups in total. The Bertz CT molecular complexity index is 1070. The molecule has 0 radical (unpaired) electrons. The number of nitrogens with one attached hydrogen (secondary N) is 4. The number of benzene rings is 3. The van der Waals surface area contributed by atoms with Gasteiger partial charge >= 0.3 is 0 Å². The van der Waals surface area contributed by atoms with Crippen molar-refractivity contribution in [2.45, 2.75) is 0 Å². The maximum atomic E-state index is 12.5. The summed E-state index contributed by atoms with van der Waals surface area (Å²) >= 11 is 0. The summed E-state index contributed by atoms with van der Waals surface area (Å²) in [4.78, 5) is 15.6. The van der Waals surface area contributed by atoms with E-state index >= 15 is 0 Å². The zero-order valence-electron chi connectivity index (χ0n) is 14.9. The molecule has 5 heteroatoms. The van der Waals surface area contributed by atoms with Crippen molar-refractivity contribution in [2.24, 2.45) is 0 Å². The number of hydrogen-bond donors (Lipinski definition) is 4. The van der Waals surface area contributed by atoms with Gasteiger partial charge in [0.2, 0.25) is 0 Å². The van der Waals surface area contributed by atoms with Crippen molar-refractivity contribution in [2.75, 3.05) is 23.0 Å². The van der Waals surface area contributed by atoms with E-state index in [-0.39, 0.29) is 5.91 Å². The van der Waals surface area contributed by atoms with E-state index in [1.807, 2.05) is 86.0 Å². The van der Waals surface area contributed by atoms with Gasteiger partial charge in [-0.3, -0.25) is 4.79 Å². The number of anilines is 4. The van der Waals surface area contributed by atoms with E-state index < -0.39 is 0 Å². The topological polar surface area (TPSA) is 68.9 Å². The Morgan fingerprint density at radius 3 is 2.07 bits per heavy atom. The molecule has 1 heterocycles. The predicted octanol–water partition coefficient (Wildman–Crippen LogP) is 5.21. The molecule has 1 amide bonds. The number of amides is 1. The standard InChI is InChI=1S/C22H20N4O/c1-23-17-3-5-18(6-4-17)25-19-7-9-20(10-8-19)26-22(27)16-2-11-21-15(14-16)12-13-24-21/h2-14,23-25H,1H3,(H,26,27). The second-order valence-electron chi connectivity index (χ2n) is 6.26. The van der Waals surface area contributed by atoms with Crippen LogP contribution in [0, 0.1) is 0 Å². The second kappa shape index (κ2) is 7.25. The molecular formula is C22H20N4O. The van der Waals surface area contributed by atoms with E-state index in [0.717, 1.165) is 33.7 Å². The number of rotatable bonds is 5. The van der Waals surface area contributed by atoms with E-state index in [1.165, 1.54) is 0 Å². The van der Waals surface area contributed by atoms with Crippen LogP contribution in [0.15, 0.2) is 79.0 Å². The van der Waals surface area contributed by atoms with Gasteiger partial charge in [0, 0.05) is 52.5 Å². The summed E-state index contributed by atoms with van der Waals surface area (Å²) in [5.74, 6) is -0.124. The zero-order valence-corrected chi connectivity index (χ0v) is 14.9. The van der Waals surface area contributed by atoms with E-state index in [2.05, 4.69) is 20.9 Å². The van der Waals surface area contributed by atoms with Gasteiger partial charge in [-0.1, -0.05) is 0 Å². The van der Waals surface area contributed by atoms with Crippen molar-refractivity contribution < 1.29 is 4.79 Å². The molecule has 0 saturated heterocycles. The summed E-state index contributed by atoms with van der Waals surface area (Å²) in [7, 11) is 1.89. The largest absolute Gasteiger partial charge is 0.388 e. The molecule has 4 rings (SSSR count). The first kappa shape index (κ1) is 16.7. The van der Waals surface area contributed by atoms with E-state index in [4.69, 9.17) is 0 Å². The third-order valence-corrected chi connectivity index (χ3v) is 4.42. The third-order valence-electron chi connectivity index (χ3n) is 4.42. The lowest BCUT2D eigenvalue weighted by Gasteiger charge is -2.09. The van der Waals surface area contributed by atoms with Crippen molar-refractivity contribution in [3.8, 4) is 0 Å². The van der Waals surface area contributed by atoms with Gasteiger partial charge in [-0.25, -0.2) is 0 Å². The number of carbonyl (C=O) groups excluding carboxylic acids is 1. The highest BCUT2D eigenvalue weighted by molar-refractivity contribution is 6.06. The Kier molecular flexibility index (Phi) is 4.49. The Labute approximate surface area is 157 Å². The van der Waals surface area contributed by atoms with Crippen LogP contribution >= 0.6 is 0 Å². The van der Waals surface area contributed by atoms with Crippen LogP contribution in [0.2, 0.25) is 0 Å². The quantitative estimate of drug-likeness (QED) is 0.397. The normalized spacial score (nSPS) is 10.6. The average molecular weight is 356 g/mol. The lowest BCUT2D eigenvalue weighted by molar-refractivity contribution is 0.102. The second-order valence-corrected chi connectivity index (χ2v) is 6.26. The van der Waals surface area contributed by atoms with Gasteiger partial charge in [-0.05, 0) is 72.8 Å². The molecule has 0 atom stereocenters. The highest BCUT2D eigenvalue weighted by Crippen LogP contribution is 2.21. The number of fused-ring (bicyclic) bond motifs is 1. The van der Waals surface area contributed by atoms with Crippen LogP contribution in [0.3, 0.4) is 0 Å². The lowest BCUT2D eigenvalue weighted by atomic mass is 10.1. The third kappa shape index (κ3) is 3.77. The molecule has 0 aliphatic heterocycles. The summed E-state index contributed by atoms with van der Waals surface area (Å²) in [6.07, 6.45) is 1.87. The minimum Gasteiger partial charge on any atom is -0.388 e. The SMILES string of the molecule is CNc1ccc(Nc2ccc(NC(=O)c3ccc4[nH]ccc4c3)cc2)cc1. The molecule has 0 bridgehead atoms. The Hall–Kier alpha value is -3.73. The molecule has 27 heavy (non-hydrogen) atoms. The highest BCUT2D eigenvalue weighted by Gasteiger charge is 2.07. The van der Waals surface area contributed by atoms with Crippen molar-refractivity contribution in [1.29, 1.82) is 0 Å². The molecule has 1 aromatic heterocycles. The molecule has 0 aliphatic carbocycles. The Morgan fingerprint density at radius 1 is 0.778 bits per heavy atom. The number of hydrogen-bond acceptors (Lipinski definition) is 3. The average Bonchev–Trinajstić information content (AvgIpc) is 3.18. The molecule has 0 fully saturated rings. The van der Waals surface area contributed by atoms with Crippen LogP contribution in [0.25, 0.3) is 10.9 Å². The first-order valence-electron chi connectivity index (χ1n) is 8.75. The van der Waals surface area contributed by atoms with E-state index in [9.17, 15) is 4.79 Å². The van der Waals surface area contributed by atoms with Gasteiger partial charge < -0.3 is 20.9 Å². The van der Waals surface area contributed by atoms with E-state index in [0.29, 0.717) is 5.56 Å². The fourth-order valence-electron chi connectivity index (χ4n) is 2.92. The zero-order chi connectivity index (χ0) is 18.6. The molecule has 4 aromatic rings. The number of aromatic amines is 1. The summed E-state index contributed by atoms with van der Waals surface area (Å²) in [6.45, 7) is 0. The van der Waals surface area contributed by atoms with Crippen LogP contribution in [-0.4, -0.2) is 17.9 Å². The molecule has 0 saturated carbocycles. The predicted molar refractivity (Wildman–Crippen MR) is 112 cm³/mol. The Balaban J connectivity index is 1.42. The molecule has 0 spiro atoms. The maximum Gasteiger partial charge on any atom is 0.255 e. The highest BCUT2D eigenvalue weighted by atomic mass is 16.1. The molecule has 3 aromatic carbocycles. The summed E-state index contributed by atoms with van der Waals surface area (Å²) in [5, 5.41) is 10.4. The number of H-pyrrole nitrogens is 1. The summed E-state index contributed by atoms with van der Waals surface area (Å²) < 4.78 is 0. The van der Waals surface area contributed by atoms with Gasteiger partial charge in [0.15, 0.2) is 0 Å². The van der Waals surface area contributed by atoms with Crippen LogP contribution < -0.4 is 16.0 Å². The fraction of sp³-hybridized carbons (Fsp3) is 0.0455. The van der Waals surface area contributed by atoms with Crippen LogP contribution in [-0.2, 0) is 0 Å². The minimum atomic E-state index is -0.124. The summed E-state index contributed by atoms with van der Waals surface area (Å²) in [6, 6.07) is 23.3. The lowest BCUT2D eigenvalue weighted by Crippen LogP contribution is -2.11. The van der Waals surface area contributed by atoms with Gasteiger partial charge in [-0.15, -0.1) is 0 Å². The molecule has 5 nitrogen and oxygen atoms in total. The minimum absolute atomic E-state index is 0.124. The van der Waals surface area contributed by atoms with Crippen molar-refractivity contribution in [3.63, 3.8) is 0 Å². The van der Waals surface area contributed by atoms with E-state index in [1.54, 1.807) is 0 Å². The van der Waals surface area contributed by atoms with Crippen molar-refractivity contribution in [1.82, 2.24) is 4.98 Å². The maximum absolute atomic E-state index is 12.5. The first-order chi connectivity index (χ1) is 13.2. The van der Waals surface area contributed by atoms with Gasteiger partial charge in [0.1, 0.15) is 0 Å². The van der Waals surface area contributed by atoms with Crippen LogP contribution in [0.1, 0.15) is 10.4 Å². The summed E-state index contributed by atoms with van der Waals surface area (Å²) in [5.41, 5.74) is 5.44. The monoisotopic (exact) mass is 356 g/mol. The van der Waals surface area contributed by atoms with Gasteiger partial charge in [0.25, 0.3) is 5.91 Å². The van der Waals surface area contributed by atoms with Crippen LogP contribution in [0.4, 0.5) is 22.7 Å². The smallest absolute Gasteiger partial charge is 0.255 e.